The molecule has 0 atom stereocenters. The molecule has 1 amide bonds. The third-order valence-electron chi connectivity index (χ3n) is 3.69. The number of para-hydroxylation sites is 1. The van der Waals surface area contributed by atoms with Gasteiger partial charge in [0, 0.05) is 5.56 Å². The highest BCUT2D eigenvalue weighted by atomic mass is 16.6. The lowest BCUT2D eigenvalue weighted by Gasteiger charge is -2.22. The molecule has 0 saturated heterocycles. The first-order valence-corrected chi connectivity index (χ1v) is 6.47. The average Bonchev–Trinajstić information content (AvgIpc) is 2.87. The zero-order chi connectivity index (χ0) is 14.8. The monoisotopic (exact) mass is 273 g/mol. The number of benzene rings is 1. The minimum atomic E-state index is -0.880. The highest BCUT2D eigenvalue weighted by Crippen LogP contribution is 2.30. The molecule has 0 radical (unpaired) electrons. The molecule has 104 valence electrons. The number of rotatable bonds is 3. The number of amides is 1. The fourth-order valence-corrected chi connectivity index (χ4v) is 2.61. The lowest BCUT2D eigenvalue weighted by atomic mass is 9.98. The second-order valence-corrected chi connectivity index (χ2v) is 5.08. The Kier molecular flexibility index (Phi) is 3.70. The van der Waals surface area contributed by atoms with Gasteiger partial charge in [0.15, 0.2) is 0 Å². The van der Waals surface area contributed by atoms with E-state index in [4.69, 9.17) is 0 Å². The molecule has 1 aromatic rings. The number of nitrogens with one attached hydrogen (secondary N) is 1. The van der Waals surface area contributed by atoms with Crippen LogP contribution >= 0.6 is 0 Å². The molecule has 1 N–H and O–H groups in total. The van der Waals surface area contributed by atoms with E-state index in [-0.39, 0.29) is 11.3 Å². The van der Waals surface area contributed by atoms with Crippen molar-refractivity contribution in [1.29, 1.82) is 5.26 Å². The number of aryl methyl sites for hydroxylation is 1. The number of nitriles is 1. The van der Waals surface area contributed by atoms with Gasteiger partial charge in [-0.05, 0) is 38.7 Å². The molecule has 6 heteroatoms. The third kappa shape index (κ3) is 2.48. The lowest BCUT2D eigenvalue weighted by molar-refractivity contribution is -0.385. The van der Waals surface area contributed by atoms with Crippen LogP contribution in [0.1, 0.15) is 41.6 Å². The molecule has 1 aliphatic carbocycles. The topological polar surface area (TPSA) is 96.0 Å². The maximum Gasteiger partial charge on any atom is 0.285 e. The molecule has 6 nitrogen and oxygen atoms in total. The highest BCUT2D eigenvalue weighted by molar-refractivity contribution is 5.99. The number of carbonyl (C=O) groups excluding carboxylic acids is 1. The van der Waals surface area contributed by atoms with Crippen LogP contribution in [0.3, 0.4) is 0 Å². The first kappa shape index (κ1) is 14.0. The van der Waals surface area contributed by atoms with Gasteiger partial charge >= 0.3 is 0 Å². The van der Waals surface area contributed by atoms with Crippen molar-refractivity contribution in [2.75, 3.05) is 0 Å². The van der Waals surface area contributed by atoms with Crippen molar-refractivity contribution in [1.82, 2.24) is 5.32 Å². The van der Waals surface area contributed by atoms with Crippen molar-refractivity contribution >= 4 is 11.6 Å². The van der Waals surface area contributed by atoms with E-state index in [0.717, 1.165) is 12.8 Å². The fourth-order valence-electron chi connectivity index (χ4n) is 2.61. The van der Waals surface area contributed by atoms with Crippen LogP contribution in [0.25, 0.3) is 0 Å². The maximum absolute atomic E-state index is 12.3. The normalized spacial score (nSPS) is 16.4. The number of nitrogens with zero attached hydrogens (tertiary/aromatic N) is 2. The fraction of sp³-hybridized carbons (Fsp3) is 0.429. The molecule has 1 fully saturated rings. The van der Waals surface area contributed by atoms with E-state index in [1.807, 2.05) is 0 Å². The predicted molar refractivity (Wildman–Crippen MR) is 72.1 cm³/mol. The van der Waals surface area contributed by atoms with Gasteiger partial charge in [-0.3, -0.25) is 14.9 Å². The summed E-state index contributed by atoms with van der Waals surface area (Å²) >= 11 is 0. The lowest BCUT2D eigenvalue weighted by Crippen LogP contribution is -2.45. The van der Waals surface area contributed by atoms with Crippen molar-refractivity contribution in [3.05, 3.63) is 39.4 Å². The van der Waals surface area contributed by atoms with Crippen LogP contribution < -0.4 is 5.32 Å². The SMILES string of the molecule is Cc1cccc(C(=O)NC2(C#N)CCCC2)c1[N+](=O)[O-]. The summed E-state index contributed by atoms with van der Waals surface area (Å²) in [6.45, 7) is 1.59. The van der Waals surface area contributed by atoms with Gasteiger partial charge in [-0.15, -0.1) is 0 Å². The quantitative estimate of drug-likeness (QED) is 0.675. The van der Waals surface area contributed by atoms with Crippen molar-refractivity contribution < 1.29 is 9.72 Å². The van der Waals surface area contributed by atoms with Crippen LogP contribution in [0.4, 0.5) is 5.69 Å². The molecule has 0 aliphatic heterocycles. The molecule has 0 unspecified atom stereocenters. The number of hydrogen-bond acceptors (Lipinski definition) is 4. The third-order valence-corrected chi connectivity index (χ3v) is 3.69. The largest absolute Gasteiger partial charge is 0.333 e. The predicted octanol–water partition coefficient (Wildman–Crippen LogP) is 2.47. The molecule has 0 heterocycles. The summed E-state index contributed by atoms with van der Waals surface area (Å²) in [5, 5.41) is 23.0. The molecule has 2 rings (SSSR count). The Hall–Kier alpha value is -2.42. The summed E-state index contributed by atoms with van der Waals surface area (Å²) in [5.74, 6) is -0.552. The van der Waals surface area contributed by atoms with Crippen LogP contribution in [0, 0.1) is 28.4 Å². The van der Waals surface area contributed by atoms with E-state index in [1.165, 1.54) is 6.07 Å². The zero-order valence-corrected chi connectivity index (χ0v) is 11.2. The Morgan fingerprint density at radius 3 is 2.65 bits per heavy atom. The van der Waals surface area contributed by atoms with E-state index in [0.29, 0.717) is 18.4 Å². The Morgan fingerprint density at radius 1 is 1.45 bits per heavy atom. The van der Waals surface area contributed by atoms with Gasteiger partial charge in [-0.1, -0.05) is 12.1 Å². The van der Waals surface area contributed by atoms with Crippen LogP contribution in [0.15, 0.2) is 18.2 Å². The number of nitro groups is 1. The Morgan fingerprint density at radius 2 is 2.10 bits per heavy atom. The van der Waals surface area contributed by atoms with Crippen LogP contribution in [-0.4, -0.2) is 16.4 Å². The van der Waals surface area contributed by atoms with Crippen LogP contribution in [0.5, 0.6) is 0 Å². The molecular formula is C14H15N3O3. The average molecular weight is 273 g/mol. The van der Waals surface area contributed by atoms with Crippen molar-refractivity contribution in [3.63, 3.8) is 0 Å². The van der Waals surface area contributed by atoms with Gasteiger partial charge in [0.1, 0.15) is 11.1 Å². The molecular weight excluding hydrogens is 258 g/mol. The van der Waals surface area contributed by atoms with Gasteiger partial charge in [0.05, 0.1) is 11.0 Å². The first-order valence-electron chi connectivity index (χ1n) is 6.47. The Labute approximate surface area is 116 Å². The second-order valence-electron chi connectivity index (χ2n) is 5.08. The second kappa shape index (κ2) is 5.29. The van der Waals surface area contributed by atoms with E-state index in [9.17, 15) is 20.2 Å². The van der Waals surface area contributed by atoms with Crippen molar-refractivity contribution in [2.24, 2.45) is 0 Å². The Balaban J connectivity index is 2.33. The van der Waals surface area contributed by atoms with Gasteiger partial charge in [0.25, 0.3) is 11.6 Å². The summed E-state index contributed by atoms with van der Waals surface area (Å²) in [5.41, 5.74) is -0.637. The van der Waals surface area contributed by atoms with Crippen LogP contribution in [0.2, 0.25) is 0 Å². The van der Waals surface area contributed by atoms with Gasteiger partial charge in [0.2, 0.25) is 0 Å². The summed E-state index contributed by atoms with van der Waals surface area (Å²) in [7, 11) is 0. The van der Waals surface area contributed by atoms with E-state index in [1.54, 1.807) is 19.1 Å². The molecule has 0 bridgehead atoms. The van der Waals surface area contributed by atoms with E-state index < -0.39 is 16.4 Å². The van der Waals surface area contributed by atoms with Gasteiger partial charge < -0.3 is 5.32 Å². The number of hydrogen-bond donors (Lipinski definition) is 1. The molecule has 1 aromatic carbocycles. The number of carbonyl (C=O) groups is 1. The van der Waals surface area contributed by atoms with Crippen molar-refractivity contribution in [2.45, 2.75) is 38.1 Å². The highest BCUT2D eigenvalue weighted by Gasteiger charge is 2.37. The molecule has 20 heavy (non-hydrogen) atoms. The standard InChI is InChI=1S/C14H15N3O3/c1-10-5-4-6-11(12(10)17(19)20)13(18)16-14(9-15)7-2-3-8-14/h4-6H,2-3,7-8H2,1H3,(H,16,18). The molecule has 0 aromatic heterocycles. The van der Waals surface area contributed by atoms with Gasteiger partial charge in [-0.25, -0.2) is 0 Å². The minimum absolute atomic E-state index is 0.0107. The van der Waals surface area contributed by atoms with E-state index >= 15 is 0 Å². The number of nitro benzene ring substituents is 1. The molecule has 1 saturated carbocycles. The minimum Gasteiger partial charge on any atom is -0.333 e. The van der Waals surface area contributed by atoms with Gasteiger partial charge in [-0.2, -0.15) is 5.26 Å². The maximum atomic E-state index is 12.3. The summed E-state index contributed by atoms with van der Waals surface area (Å²) in [4.78, 5) is 22.8. The first-order chi connectivity index (χ1) is 9.49. The Bertz CT molecular complexity index is 598. The summed E-state index contributed by atoms with van der Waals surface area (Å²) in [6.07, 6.45) is 2.94. The molecule has 0 spiro atoms. The smallest absolute Gasteiger partial charge is 0.285 e. The van der Waals surface area contributed by atoms with E-state index in [2.05, 4.69) is 11.4 Å². The zero-order valence-electron chi connectivity index (χ0n) is 11.2. The molecule has 1 aliphatic rings. The van der Waals surface area contributed by atoms with Crippen LogP contribution in [-0.2, 0) is 0 Å². The summed E-state index contributed by atoms with van der Waals surface area (Å²) < 4.78 is 0. The summed E-state index contributed by atoms with van der Waals surface area (Å²) in [6, 6.07) is 6.75. The van der Waals surface area contributed by atoms with Crippen molar-refractivity contribution in [3.8, 4) is 6.07 Å².